The highest BCUT2D eigenvalue weighted by molar-refractivity contribution is 9.10. The SMILES string of the molecule is Cc1ccc(C(C)Nc2cc(F)c(Br)cc2N)cc1F. The molecule has 0 saturated carbocycles. The average molecular weight is 341 g/mol. The monoisotopic (exact) mass is 340 g/mol. The van der Waals surface area contributed by atoms with Gasteiger partial charge in [-0.05, 0) is 53.0 Å². The van der Waals surface area contributed by atoms with Crippen molar-refractivity contribution in [1.82, 2.24) is 0 Å². The van der Waals surface area contributed by atoms with Gasteiger partial charge in [-0.25, -0.2) is 8.78 Å². The minimum Gasteiger partial charge on any atom is -0.397 e. The number of hydrogen-bond donors (Lipinski definition) is 2. The highest BCUT2D eigenvalue weighted by Crippen LogP contribution is 2.29. The fourth-order valence-electron chi connectivity index (χ4n) is 1.88. The molecule has 0 heterocycles. The molecule has 0 spiro atoms. The maximum absolute atomic E-state index is 13.6. The van der Waals surface area contributed by atoms with Gasteiger partial charge in [-0.15, -0.1) is 0 Å². The largest absolute Gasteiger partial charge is 0.397 e. The van der Waals surface area contributed by atoms with Crippen LogP contribution in [0.15, 0.2) is 34.8 Å². The first-order valence-corrected chi connectivity index (χ1v) is 6.95. The summed E-state index contributed by atoms with van der Waals surface area (Å²) >= 11 is 3.08. The molecular weight excluding hydrogens is 326 g/mol. The number of aryl methyl sites for hydroxylation is 1. The van der Waals surface area contributed by atoms with E-state index < -0.39 is 5.82 Å². The molecule has 2 aromatic carbocycles. The molecular formula is C15H15BrF2N2. The average Bonchev–Trinajstić information content (AvgIpc) is 2.39. The molecule has 1 unspecified atom stereocenters. The smallest absolute Gasteiger partial charge is 0.139 e. The van der Waals surface area contributed by atoms with Crippen LogP contribution in [0.3, 0.4) is 0 Å². The second-order valence-corrected chi connectivity index (χ2v) is 5.58. The second-order valence-electron chi connectivity index (χ2n) is 4.73. The Morgan fingerprint density at radius 2 is 1.85 bits per heavy atom. The van der Waals surface area contributed by atoms with E-state index >= 15 is 0 Å². The summed E-state index contributed by atoms with van der Waals surface area (Å²) in [6.07, 6.45) is 0. The topological polar surface area (TPSA) is 38.0 Å². The Hall–Kier alpha value is -1.62. The van der Waals surface area contributed by atoms with E-state index in [0.717, 1.165) is 5.56 Å². The number of nitrogen functional groups attached to an aromatic ring is 1. The Balaban J connectivity index is 2.25. The van der Waals surface area contributed by atoms with Gasteiger partial charge >= 0.3 is 0 Å². The zero-order valence-corrected chi connectivity index (χ0v) is 12.8. The first-order valence-electron chi connectivity index (χ1n) is 6.15. The normalized spacial score (nSPS) is 12.2. The molecule has 0 aromatic heterocycles. The Kier molecular flexibility index (Phi) is 4.28. The number of benzene rings is 2. The van der Waals surface area contributed by atoms with E-state index in [1.807, 2.05) is 13.0 Å². The molecule has 0 saturated heterocycles. The molecule has 2 nitrogen and oxygen atoms in total. The van der Waals surface area contributed by atoms with Crippen molar-refractivity contribution in [3.8, 4) is 0 Å². The summed E-state index contributed by atoms with van der Waals surface area (Å²) in [7, 11) is 0. The molecule has 3 N–H and O–H groups in total. The summed E-state index contributed by atoms with van der Waals surface area (Å²) < 4.78 is 27.4. The first kappa shape index (κ1) is 14.8. The summed E-state index contributed by atoms with van der Waals surface area (Å²) in [5.41, 5.74) is 8.12. The minimum atomic E-state index is -0.399. The quantitative estimate of drug-likeness (QED) is 0.788. The predicted molar refractivity (Wildman–Crippen MR) is 81.7 cm³/mol. The Bertz CT molecular complexity index is 644. The molecule has 5 heteroatoms. The van der Waals surface area contributed by atoms with Gasteiger partial charge in [-0.1, -0.05) is 12.1 Å². The van der Waals surface area contributed by atoms with E-state index in [4.69, 9.17) is 5.73 Å². The van der Waals surface area contributed by atoms with E-state index in [2.05, 4.69) is 21.2 Å². The molecule has 2 rings (SSSR count). The van der Waals surface area contributed by atoms with E-state index in [-0.39, 0.29) is 11.9 Å². The van der Waals surface area contributed by atoms with Crippen LogP contribution in [0.1, 0.15) is 24.1 Å². The lowest BCUT2D eigenvalue weighted by molar-refractivity contribution is 0.614. The lowest BCUT2D eigenvalue weighted by atomic mass is 10.1. The van der Waals surface area contributed by atoms with Crippen molar-refractivity contribution < 1.29 is 8.78 Å². The Labute approximate surface area is 125 Å². The van der Waals surface area contributed by atoms with E-state index in [1.54, 1.807) is 13.0 Å². The van der Waals surface area contributed by atoms with E-state index in [0.29, 0.717) is 21.4 Å². The highest BCUT2D eigenvalue weighted by Gasteiger charge is 2.11. The molecule has 0 fully saturated rings. The summed E-state index contributed by atoms with van der Waals surface area (Å²) in [6.45, 7) is 3.57. The number of hydrogen-bond acceptors (Lipinski definition) is 2. The van der Waals surface area contributed by atoms with Gasteiger partial charge in [-0.3, -0.25) is 0 Å². The van der Waals surface area contributed by atoms with Gasteiger partial charge in [0.2, 0.25) is 0 Å². The van der Waals surface area contributed by atoms with Crippen molar-refractivity contribution in [3.05, 3.63) is 57.6 Å². The Morgan fingerprint density at radius 3 is 2.50 bits per heavy atom. The van der Waals surface area contributed by atoms with Crippen molar-refractivity contribution in [1.29, 1.82) is 0 Å². The summed E-state index contributed by atoms with van der Waals surface area (Å²) in [5.74, 6) is -0.657. The molecule has 0 bridgehead atoms. The van der Waals surface area contributed by atoms with Gasteiger partial charge in [0.15, 0.2) is 0 Å². The van der Waals surface area contributed by atoms with Crippen LogP contribution >= 0.6 is 15.9 Å². The van der Waals surface area contributed by atoms with Crippen molar-refractivity contribution in [3.63, 3.8) is 0 Å². The van der Waals surface area contributed by atoms with Crippen molar-refractivity contribution in [2.45, 2.75) is 19.9 Å². The van der Waals surface area contributed by atoms with E-state index in [9.17, 15) is 8.78 Å². The first-order chi connectivity index (χ1) is 9.38. The maximum atomic E-state index is 13.6. The van der Waals surface area contributed by atoms with Gasteiger partial charge in [0.1, 0.15) is 11.6 Å². The van der Waals surface area contributed by atoms with Crippen LogP contribution in [0.25, 0.3) is 0 Å². The molecule has 0 aliphatic heterocycles. The standard InChI is InChI=1S/C15H15BrF2N2/c1-8-3-4-10(5-12(8)17)9(2)20-15-7-13(18)11(16)6-14(15)19/h3-7,9,20H,19H2,1-2H3. The minimum absolute atomic E-state index is 0.187. The number of anilines is 2. The van der Waals surface area contributed by atoms with Crippen molar-refractivity contribution >= 4 is 27.3 Å². The predicted octanol–water partition coefficient (Wildman–Crippen LogP) is 4.79. The lowest BCUT2D eigenvalue weighted by Gasteiger charge is -2.18. The second kappa shape index (κ2) is 5.79. The van der Waals surface area contributed by atoms with Crippen LogP contribution in [0.5, 0.6) is 0 Å². The summed E-state index contributed by atoms with van der Waals surface area (Å²) in [5, 5.41) is 3.09. The third-order valence-electron chi connectivity index (χ3n) is 3.16. The highest BCUT2D eigenvalue weighted by atomic mass is 79.9. The van der Waals surface area contributed by atoms with Crippen LogP contribution in [-0.2, 0) is 0 Å². The van der Waals surface area contributed by atoms with Crippen LogP contribution in [-0.4, -0.2) is 0 Å². The van der Waals surface area contributed by atoms with Gasteiger partial charge in [0, 0.05) is 12.1 Å². The fraction of sp³-hybridized carbons (Fsp3) is 0.200. The maximum Gasteiger partial charge on any atom is 0.139 e. The molecule has 0 amide bonds. The van der Waals surface area contributed by atoms with Crippen LogP contribution in [0, 0.1) is 18.6 Å². The lowest BCUT2D eigenvalue weighted by Crippen LogP contribution is -2.09. The molecule has 1 atom stereocenters. The van der Waals surface area contributed by atoms with E-state index in [1.165, 1.54) is 18.2 Å². The number of halogens is 3. The molecule has 0 aliphatic rings. The molecule has 20 heavy (non-hydrogen) atoms. The molecule has 0 aliphatic carbocycles. The van der Waals surface area contributed by atoms with Gasteiger partial charge in [0.25, 0.3) is 0 Å². The third-order valence-corrected chi connectivity index (χ3v) is 3.77. The molecule has 106 valence electrons. The number of nitrogens with two attached hydrogens (primary N) is 1. The zero-order valence-electron chi connectivity index (χ0n) is 11.2. The van der Waals surface area contributed by atoms with Crippen LogP contribution in [0.2, 0.25) is 0 Å². The molecule has 2 aromatic rings. The Morgan fingerprint density at radius 1 is 1.15 bits per heavy atom. The van der Waals surface area contributed by atoms with Gasteiger partial charge in [-0.2, -0.15) is 0 Å². The van der Waals surface area contributed by atoms with Gasteiger partial charge < -0.3 is 11.1 Å². The summed E-state index contributed by atoms with van der Waals surface area (Å²) in [6, 6.07) is 7.66. The van der Waals surface area contributed by atoms with Crippen molar-refractivity contribution in [2.24, 2.45) is 0 Å². The molecule has 0 radical (unpaired) electrons. The van der Waals surface area contributed by atoms with Gasteiger partial charge in [0.05, 0.1) is 15.8 Å². The number of nitrogens with one attached hydrogen (secondary N) is 1. The van der Waals surface area contributed by atoms with Crippen LogP contribution in [0.4, 0.5) is 20.2 Å². The van der Waals surface area contributed by atoms with Crippen LogP contribution < -0.4 is 11.1 Å². The third kappa shape index (κ3) is 3.10. The number of rotatable bonds is 3. The fourth-order valence-corrected chi connectivity index (χ4v) is 2.24. The summed E-state index contributed by atoms with van der Waals surface area (Å²) in [4.78, 5) is 0. The van der Waals surface area contributed by atoms with Crippen molar-refractivity contribution in [2.75, 3.05) is 11.1 Å². The zero-order chi connectivity index (χ0) is 14.9.